The van der Waals surface area contributed by atoms with Crippen LogP contribution in [-0.2, 0) is 0 Å². The Bertz CT molecular complexity index is 629. The lowest BCUT2D eigenvalue weighted by Crippen LogP contribution is -2.05. The topological polar surface area (TPSA) is 91.3 Å². The van der Waals surface area contributed by atoms with E-state index in [1.807, 2.05) is 6.92 Å². The monoisotopic (exact) mass is 277 g/mol. The van der Waals surface area contributed by atoms with E-state index in [2.05, 4.69) is 4.98 Å². The van der Waals surface area contributed by atoms with Crippen molar-refractivity contribution in [1.82, 2.24) is 4.98 Å². The molecule has 0 bridgehead atoms. The van der Waals surface area contributed by atoms with Gasteiger partial charge in [-0.3, -0.25) is 10.1 Å². The van der Waals surface area contributed by atoms with Gasteiger partial charge in [-0.05, 0) is 24.6 Å². The molecule has 0 saturated carbocycles. The second-order valence-electron chi connectivity index (χ2n) is 4.19. The first-order valence-corrected chi connectivity index (χ1v) is 5.80. The van der Waals surface area contributed by atoms with Gasteiger partial charge in [0.1, 0.15) is 5.82 Å². The van der Waals surface area contributed by atoms with Gasteiger partial charge in [0.25, 0.3) is 0 Å². The van der Waals surface area contributed by atoms with Crippen molar-refractivity contribution >= 4 is 5.69 Å². The molecule has 104 valence electrons. The lowest BCUT2D eigenvalue weighted by molar-refractivity contribution is -0.385. The summed E-state index contributed by atoms with van der Waals surface area (Å²) in [6.45, 7) is 1.81. The van der Waals surface area contributed by atoms with Crippen LogP contribution in [0, 0.1) is 15.9 Å². The molecule has 0 saturated heterocycles. The molecule has 6 nitrogen and oxygen atoms in total. The summed E-state index contributed by atoms with van der Waals surface area (Å²) in [5.74, 6) is -0.606. The molecule has 7 heteroatoms. The molecule has 0 amide bonds. The molecular formula is C13H12FN3O3. The maximum absolute atomic E-state index is 13.0. The number of nitro groups is 1. The maximum atomic E-state index is 13.0. The Labute approximate surface area is 114 Å². The SMILES string of the molecule is CC(N)c1ccc(Oc2ccc(F)cc2[N+](=O)[O-])nc1. The Balaban J connectivity index is 2.28. The molecule has 0 spiro atoms. The fourth-order valence-corrected chi connectivity index (χ4v) is 1.55. The fourth-order valence-electron chi connectivity index (χ4n) is 1.55. The molecule has 2 aromatic rings. The second kappa shape index (κ2) is 5.62. The van der Waals surface area contributed by atoms with E-state index in [1.54, 1.807) is 12.1 Å². The van der Waals surface area contributed by atoms with Gasteiger partial charge < -0.3 is 10.5 Å². The van der Waals surface area contributed by atoms with Crippen molar-refractivity contribution in [2.45, 2.75) is 13.0 Å². The molecule has 1 unspecified atom stereocenters. The molecule has 0 aliphatic rings. The average molecular weight is 277 g/mol. The zero-order valence-electron chi connectivity index (χ0n) is 10.6. The van der Waals surface area contributed by atoms with Crippen molar-refractivity contribution in [3.63, 3.8) is 0 Å². The van der Waals surface area contributed by atoms with Gasteiger partial charge in [0.05, 0.1) is 11.0 Å². The molecule has 20 heavy (non-hydrogen) atoms. The zero-order chi connectivity index (χ0) is 14.7. The van der Waals surface area contributed by atoms with E-state index < -0.39 is 16.4 Å². The predicted molar refractivity (Wildman–Crippen MR) is 70.0 cm³/mol. The van der Waals surface area contributed by atoms with Crippen LogP contribution in [0.3, 0.4) is 0 Å². The van der Waals surface area contributed by atoms with E-state index in [-0.39, 0.29) is 17.7 Å². The van der Waals surface area contributed by atoms with Crippen LogP contribution in [0.25, 0.3) is 0 Å². The van der Waals surface area contributed by atoms with Crippen LogP contribution in [-0.4, -0.2) is 9.91 Å². The summed E-state index contributed by atoms with van der Waals surface area (Å²) in [5, 5.41) is 10.8. The number of benzene rings is 1. The van der Waals surface area contributed by atoms with Gasteiger partial charge >= 0.3 is 5.69 Å². The first-order valence-electron chi connectivity index (χ1n) is 5.80. The molecule has 0 radical (unpaired) electrons. The van der Waals surface area contributed by atoms with E-state index in [1.165, 1.54) is 12.3 Å². The predicted octanol–water partition coefficient (Wildman–Crippen LogP) is 2.94. The van der Waals surface area contributed by atoms with Crippen LogP contribution >= 0.6 is 0 Å². The fraction of sp³-hybridized carbons (Fsp3) is 0.154. The summed E-state index contributed by atoms with van der Waals surface area (Å²) < 4.78 is 18.3. The smallest absolute Gasteiger partial charge is 0.314 e. The average Bonchev–Trinajstić information content (AvgIpc) is 2.41. The van der Waals surface area contributed by atoms with Gasteiger partial charge in [-0.25, -0.2) is 9.37 Å². The Morgan fingerprint density at radius 2 is 2.15 bits per heavy atom. The van der Waals surface area contributed by atoms with Gasteiger partial charge in [0.2, 0.25) is 11.6 Å². The van der Waals surface area contributed by atoms with Gasteiger partial charge in [-0.15, -0.1) is 0 Å². The Hall–Kier alpha value is -2.54. The van der Waals surface area contributed by atoms with Gasteiger partial charge in [-0.1, -0.05) is 6.07 Å². The van der Waals surface area contributed by atoms with Crippen molar-refractivity contribution in [2.24, 2.45) is 5.73 Å². The minimum Gasteiger partial charge on any atom is -0.432 e. The lowest BCUT2D eigenvalue weighted by atomic mass is 10.2. The van der Waals surface area contributed by atoms with E-state index in [0.29, 0.717) is 0 Å². The number of nitro benzene ring substituents is 1. The minimum atomic E-state index is -0.714. The van der Waals surface area contributed by atoms with E-state index in [4.69, 9.17) is 10.5 Å². The molecule has 1 atom stereocenters. The summed E-state index contributed by atoms with van der Waals surface area (Å²) in [7, 11) is 0. The number of aromatic nitrogens is 1. The van der Waals surface area contributed by atoms with Crippen LogP contribution in [0.5, 0.6) is 11.6 Å². The largest absolute Gasteiger partial charge is 0.432 e. The van der Waals surface area contributed by atoms with Crippen molar-refractivity contribution in [3.05, 3.63) is 58.0 Å². The molecule has 0 aliphatic heterocycles. The first kappa shape index (κ1) is 13.9. The van der Waals surface area contributed by atoms with E-state index in [0.717, 1.165) is 17.7 Å². The minimum absolute atomic E-state index is 0.0718. The van der Waals surface area contributed by atoms with Gasteiger partial charge in [-0.2, -0.15) is 0 Å². The molecule has 2 N–H and O–H groups in total. The van der Waals surface area contributed by atoms with Crippen LogP contribution < -0.4 is 10.5 Å². The number of hydrogen-bond donors (Lipinski definition) is 1. The summed E-state index contributed by atoms with van der Waals surface area (Å²) in [5.41, 5.74) is 6.04. The Morgan fingerprint density at radius 1 is 1.40 bits per heavy atom. The summed E-state index contributed by atoms with van der Waals surface area (Å²) in [6.07, 6.45) is 1.52. The zero-order valence-corrected chi connectivity index (χ0v) is 10.6. The third-order valence-electron chi connectivity index (χ3n) is 2.62. The number of pyridine rings is 1. The van der Waals surface area contributed by atoms with Crippen molar-refractivity contribution in [2.75, 3.05) is 0 Å². The molecular weight excluding hydrogens is 265 g/mol. The van der Waals surface area contributed by atoms with E-state index in [9.17, 15) is 14.5 Å². The standard InChI is InChI=1S/C13H12FN3O3/c1-8(15)9-2-5-13(16-7-9)20-12-4-3-10(14)6-11(12)17(18)19/h2-8H,15H2,1H3. The third kappa shape index (κ3) is 3.07. The molecule has 0 fully saturated rings. The van der Waals surface area contributed by atoms with Gasteiger partial charge in [0, 0.05) is 18.3 Å². The first-order chi connectivity index (χ1) is 9.47. The van der Waals surface area contributed by atoms with Gasteiger partial charge in [0.15, 0.2) is 0 Å². The van der Waals surface area contributed by atoms with Crippen LogP contribution in [0.15, 0.2) is 36.5 Å². The number of nitrogens with zero attached hydrogens (tertiary/aromatic N) is 2. The number of nitrogens with two attached hydrogens (primary N) is 1. The molecule has 1 heterocycles. The Morgan fingerprint density at radius 3 is 2.70 bits per heavy atom. The molecule has 1 aromatic carbocycles. The van der Waals surface area contributed by atoms with Crippen molar-refractivity contribution < 1.29 is 14.1 Å². The number of hydrogen-bond acceptors (Lipinski definition) is 5. The highest BCUT2D eigenvalue weighted by atomic mass is 19.1. The highest BCUT2D eigenvalue weighted by Gasteiger charge is 2.17. The molecule has 2 rings (SSSR count). The van der Waals surface area contributed by atoms with Crippen molar-refractivity contribution in [1.29, 1.82) is 0 Å². The third-order valence-corrected chi connectivity index (χ3v) is 2.62. The highest BCUT2D eigenvalue weighted by molar-refractivity contribution is 5.47. The summed E-state index contributed by atoms with van der Waals surface area (Å²) >= 11 is 0. The summed E-state index contributed by atoms with van der Waals surface area (Å²) in [6, 6.07) is 6.16. The normalized spacial score (nSPS) is 11.9. The quantitative estimate of drug-likeness (QED) is 0.685. The van der Waals surface area contributed by atoms with Crippen molar-refractivity contribution in [3.8, 4) is 11.6 Å². The highest BCUT2D eigenvalue weighted by Crippen LogP contribution is 2.31. The van der Waals surface area contributed by atoms with E-state index >= 15 is 0 Å². The second-order valence-corrected chi connectivity index (χ2v) is 4.19. The molecule has 1 aromatic heterocycles. The maximum Gasteiger partial charge on any atom is 0.314 e. The lowest BCUT2D eigenvalue weighted by Gasteiger charge is -2.08. The Kier molecular flexibility index (Phi) is 3.90. The number of ether oxygens (including phenoxy) is 1. The van der Waals surface area contributed by atoms with Crippen LogP contribution in [0.2, 0.25) is 0 Å². The number of rotatable bonds is 4. The van der Waals surface area contributed by atoms with Crippen LogP contribution in [0.4, 0.5) is 10.1 Å². The summed E-state index contributed by atoms with van der Waals surface area (Å²) in [4.78, 5) is 14.1. The molecule has 0 aliphatic carbocycles. The number of halogens is 1. The van der Waals surface area contributed by atoms with Crippen LogP contribution in [0.1, 0.15) is 18.5 Å².